The number of rotatable bonds is 37. The van der Waals surface area contributed by atoms with Gasteiger partial charge in [0.25, 0.3) is 0 Å². The highest BCUT2D eigenvalue weighted by atomic mass is 16.4. The molecule has 0 saturated heterocycles. The Bertz CT molecular complexity index is 2910. The Labute approximate surface area is 498 Å². The number of amides is 10. The highest BCUT2D eigenvalue weighted by Crippen LogP contribution is 2.16. The minimum Gasteiger partial charge on any atom is -0.508 e. The molecule has 0 bridgehead atoms. The number of aliphatic hydroxyl groups excluding tert-OH is 2. The molecule has 0 heterocycles. The normalized spacial score (nSPS) is 14.7. The molecule has 0 radical (unpaired) electrons. The molecule has 0 aliphatic rings. The number of aromatic hydroxyl groups is 2. The third-order valence-electron chi connectivity index (χ3n) is 13.0. The van der Waals surface area contributed by atoms with Gasteiger partial charge in [-0.15, -0.1) is 0 Å². The molecular formula is C55H76N14O18. The number of carboxylic acid groups (broad SMARTS) is 2. The summed E-state index contributed by atoms with van der Waals surface area (Å²) in [6, 6.07) is 3.00. The number of carboxylic acids is 2. The summed E-state index contributed by atoms with van der Waals surface area (Å²) in [5, 5.41) is 79.5. The van der Waals surface area contributed by atoms with Crippen LogP contribution >= 0.6 is 0 Å². The van der Waals surface area contributed by atoms with Crippen LogP contribution in [0.5, 0.6) is 11.5 Å². The molecule has 0 aliphatic carbocycles. The molecule has 0 aromatic heterocycles. The predicted molar refractivity (Wildman–Crippen MR) is 307 cm³/mol. The number of primary amides is 2. The van der Waals surface area contributed by atoms with Crippen molar-refractivity contribution in [2.45, 2.75) is 145 Å². The van der Waals surface area contributed by atoms with Gasteiger partial charge >= 0.3 is 11.9 Å². The summed E-state index contributed by atoms with van der Waals surface area (Å²) in [4.78, 5) is 163. The Hall–Kier alpha value is -9.95. The Morgan fingerprint density at radius 3 is 1.25 bits per heavy atom. The van der Waals surface area contributed by atoms with Crippen LogP contribution in [0.15, 0.2) is 83.9 Å². The van der Waals surface area contributed by atoms with Gasteiger partial charge in [-0.05, 0) is 80.5 Å². The molecule has 32 heteroatoms. The smallest absolute Gasteiger partial charge is 0.328 e. The van der Waals surface area contributed by atoms with Crippen LogP contribution in [0, 0.1) is 0 Å². The van der Waals surface area contributed by atoms with Crippen molar-refractivity contribution in [3.05, 3.63) is 95.6 Å². The summed E-state index contributed by atoms with van der Waals surface area (Å²) in [6.07, 6.45) is -7.37. The SMILES string of the molecule is C[C@@H](O)[C@H](NC(=O)[C@H](CCCN=C(N)N)NC(=O)[C@H](Cc1ccccc1)NC(=O)[C@H](Cc1ccc(O)cc1)NC(=O)[C@@H](NC(=O)[C@H](CC(=O)O)NC(=O)[C@H](Cc1ccc(O)cc1)NC(=O)[C@H](CCC(N)=O)NC(=O)[C@@H](N)CCC(N)=O)[C@@H](C)O)C(=O)O. The number of aliphatic hydroxyl groups is 2. The molecule has 0 saturated carbocycles. The average molecular weight is 1220 g/mol. The molecule has 474 valence electrons. The average Bonchev–Trinajstić information content (AvgIpc) is 2.78. The second kappa shape index (κ2) is 35.4. The van der Waals surface area contributed by atoms with Gasteiger partial charge in [0.05, 0.1) is 24.7 Å². The molecule has 0 unspecified atom stereocenters. The van der Waals surface area contributed by atoms with Crippen molar-refractivity contribution >= 4 is 77.0 Å². The maximum Gasteiger partial charge on any atom is 0.328 e. The lowest BCUT2D eigenvalue weighted by molar-refractivity contribution is -0.145. The highest BCUT2D eigenvalue weighted by molar-refractivity contribution is 5.99. The fourth-order valence-electron chi connectivity index (χ4n) is 8.28. The van der Waals surface area contributed by atoms with Crippen molar-refractivity contribution in [1.29, 1.82) is 0 Å². The molecule has 24 N–H and O–H groups in total. The molecule has 10 amide bonds. The van der Waals surface area contributed by atoms with Crippen molar-refractivity contribution in [3.63, 3.8) is 0 Å². The van der Waals surface area contributed by atoms with Crippen LogP contribution in [-0.2, 0) is 76.8 Å². The lowest BCUT2D eigenvalue weighted by atomic mass is 10.0. The molecule has 3 aromatic carbocycles. The van der Waals surface area contributed by atoms with E-state index in [-0.39, 0.29) is 61.7 Å². The van der Waals surface area contributed by atoms with Crippen LogP contribution in [0.25, 0.3) is 0 Å². The Balaban J connectivity index is 2.02. The van der Waals surface area contributed by atoms with Crippen LogP contribution in [0.4, 0.5) is 0 Å². The number of aliphatic carboxylic acids is 2. The summed E-state index contributed by atoms with van der Waals surface area (Å²) in [5.41, 5.74) is 28.3. The van der Waals surface area contributed by atoms with Gasteiger partial charge in [0, 0.05) is 38.6 Å². The van der Waals surface area contributed by atoms with Gasteiger partial charge in [-0.2, -0.15) is 0 Å². The number of phenols is 2. The van der Waals surface area contributed by atoms with Crippen molar-refractivity contribution in [3.8, 4) is 11.5 Å². The molecule has 3 aromatic rings. The molecule has 11 atom stereocenters. The first kappa shape index (κ1) is 71.3. The lowest BCUT2D eigenvalue weighted by Crippen LogP contribution is -2.62. The van der Waals surface area contributed by atoms with Crippen LogP contribution in [-0.4, -0.2) is 181 Å². The van der Waals surface area contributed by atoms with E-state index in [2.05, 4.69) is 47.5 Å². The number of nitrogens with two attached hydrogens (primary N) is 5. The van der Waals surface area contributed by atoms with Crippen LogP contribution in [0.2, 0.25) is 0 Å². The first-order chi connectivity index (χ1) is 40.9. The van der Waals surface area contributed by atoms with E-state index in [4.69, 9.17) is 28.7 Å². The third kappa shape index (κ3) is 25.8. The standard InChI is InChI=1S/C55H76N14O18/c1-27(70)44(68-52(84)40(26-43(76)77)66-50(82)38(24-30-10-14-32(72)15-11-30)64-47(79)36(19-21-42(58)75)62-46(78)34(56)18-20-41(57)74)53(85)67-39(25-31-12-16-33(73)17-13-31)51(83)65-37(23-29-7-4-3-5-8-29)49(81)63-35(9-6-22-61-55(59)60)48(80)69-45(28(2)71)54(86)87/h3-5,7-8,10-17,27-28,34-40,44-45,70-73H,6,9,18-26,56H2,1-2H3,(H2,57,74)(H2,58,75)(H,62,78)(H,63,81)(H,64,79)(H,65,83)(H,66,82)(H,67,85)(H,68,84)(H,69,80)(H,76,77)(H,86,87)(H4,59,60,61)/t27-,28-,34+,35+,36+,37+,38+,39+,40+,44+,45+/m1/s1. The van der Waals surface area contributed by atoms with Crippen molar-refractivity contribution in [2.24, 2.45) is 33.7 Å². The van der Waals surface area contributed by atoms with Gasteiger partial charge in [-0.3, -0.25) is 57.7 Å². The number of guanidine groups is 1. The van der Waals surface area contributed by atoms with E-state index in [0.717, 1.165) is 13.8 Å². The van der Waals surface area contributed by atoms with Gasteiger partial charge < -0.3 is 102 Å². The van der Waals surface area contributed by atoms with Crippen molar-refractivity contribution in [2.75, 3.05) is 6.54 Å². The Kier molecular flexibility index (Phi) is 29.0. The monoisotopic (exact) mass is 1220 g/mol. The van der Waals surface area contributed by atoms with Crippen LogP contribution in [0.3, 0.4) is 0 Å². The van der Waals surface area contributed by atoms with Crippen LogP contribution < -0.4 is 71.2 Å². The quantitative estimate of drug-likeness (QED) is 0.0145. The number of nitrogens with zero attached hydrogens (tertiary/aromatic N) is 1. The number of hydrogen-bond donors (Lipinski definition) is 19. The predicted octanol–water partition coefficient (Wildman–Crippen LogP) is -5.76. The summed E-state index contributed by atoms with van der Waals surface area (Å²) in [7, 11) is 0. The largest absolute Gasteiger partial charge is 0.508 e. The van der Waals surface area contributed by atoms with Crippen molar-refractivity contribution in [1.82, 2.24) is 42.5 Å². The number of nitrogens with one attached hydrogen (secondary N) is 8. The van der Waals surface area contributed by atoms with E-state index < -0.39 is 170 Å². The zero-order valence-corrected chi connectivity index (χ0v) is 47.6. The molecule has 32 nitrogen and oxygen atoms in total. The van der Waals surface area contributed by atoms with Gasteiger partial charge in [0.1, 0.15) is 53.8 Å². The van der Waals surface area contributed by atoms with E-state index in [0.29, 0.717) is 11.1 Å². The number of benzene rings is 3. The van der Waals surface area contributed by atoms with Gasteiger partial charge in [-0.25, -0.2) is 4.79 Å². The van der Waals surface area contributed by atoms with Crippen LogP contribution in [0.1, 0.15) is 75.5 Å². The summed E-state index contributed by atoms with van der Waals surface area (Å²) >= 11 is 0. The summed E-state index contributed by atoms with van der Waals surface area (Å²) < 4.78 is 0. The summed E-state index contributed by atoms with van der Waals surface area (Å²) in [6.45, 7) is 2.11. The third-order valence-corrected chi connectivity index (χ3v) is 13.0. The number of phenolic OH excluding ortho intramolecular Hbond substituents is 2. The lowest BCUT2D eigenvalue weighted by Gasteiger charge is -2.29. The first-order valence-corrected chi connectivity index (χ1v) is 27.1. The zero-order chi connectivity index (χ0) is 65.1. The molecule has 0 aliphatic heterocycles. The fraction of sp³-hybridized carbons (Fsp3) is 0.436. The topological polar surface area (TPSA) is 565 Å². The van der Waals surface area contributed by atoms with E-state index >= 15 is 0 Å². The summed E-state index contributed by atoms with van der Waals surface area (Å²) in [5.74, 6) is -14.8. The maximum atomic E-state index is 14.6. The number of carbonyl (C=O) groups excluding carboxylic acids is 10. The van der Waals surface area contributed by atoms with E-state index in [9.17, 15) is 88.2 Å². The minimum absolute atomic E-state index is 0.0413. The molecule has 0 fully saturated rings. The van der Waals surface area contributed by atoms with E-state index in [1.807, 2.05) is 0 Å². The van der Waals surface area contributed by atoms with Crippen molar-refractivity contribution < 1.29 is 88.2 Å². The Morgan fingerprint density at radius 2 is 0.816 bits per heavy atom. The molecule has 87 heavy (non-hydrogen) atoms. The van der Waals surface area contributed by atoms with Gasteiger partial charge in [0.15, 0.2) is 12.0 Å². The number of hydrogen-bond acceptors (Lipinski definition) is 18. The van der Waals surface area contributed by atoms with E-state index in [1.165, 1.54) is 48.5 Å². The maximum absolute atomic E-state index is 14.6. The first-order valence-electron chi connectivity index (χ1n) is 27.1. The second-order valence-electron chi connectivity index (χ2n) is 20.3. The van der Waals surface area contributed by atoms with Gasteiger partial charge in [-0.1, -0.05) is 54.6 Å². The number of carbonyl (C=O) groups is 12. The molecular weight excluding hydrogens is 1140 g/mol. The molecule has 3 rings (SSSR count). The highest BCUT2D eigenvalue weighted by Gasteiger charge is 2.37. The van der Waals surface area contributed by atoms with E-state index in [1.54, 1.807) is 30.3 Å². The zero-order valence-electron chi connectivity index (χ0n) is 47.6. The molecule has 0 spiro atoms. The fourth-order valence-corrected chi connectivity index (χ4v) is 8.28. The minimum atomic E-state index is -2.11. The second-order valence-corrected chi connectivity index (χ2v) is 20.3. The van der Waals surface area contributed by atoms with Gasteiger partial charge in [0.2, 0.25) is 59.1 Å². The Morgan fingerprint density at radius 1 is 0.448 bits per heavy atom. The number of aliphatic imine (C=N–C) groups is 1.